The zero-order chi connectivity index (χ0) is 96.1. The molecule has 2 aromatic heterocycles. The lowest BCUT2D eigenvalue weighted by atomic mass is 9.33. The Morgan fingerprint density at radius 3 is 0.904 bits per heavy atom. The fourth-order valence-corrected chi connectivity index (χ4v) is 21.0. The van der Waals surface area contributed by atoms with Crippen LogP contribution in [-0.4, -0.2) is 15.8 Å². The molecule has 0 fully saturated rings. The van der Waals surface area contributed by atoms with Crippen molar-refractivity contribution in [2.24, 2.45) is 0 Å². The van der Waals surface area contributed by atoms with E-state index in [-0.39, 0.29) is 58.6 Å². The Bertz CT molecular complexity index is 8210. The van der Waals surface area contributed by atoms with Gasteiger partial charge in [-0.1, -0.05) is 317 Å². The van der Waals surface area contributed by atoms with E-state index >= 15 is 0 Å². The molecule has 0 N–H and O–H groups in total. The molecular formula is C126H97BN6O2. The second kappa shape index (κ2) is 31.2. The number of hydrogen-bond donors (Lipinski definition) is 0. The molecule has 0 saturated carbocycles. The van der Waals surface area contributed by atoms with E-state index in [1.54, 1.807) is 0 Å². The van der Waals surface area contributed by atoms with Gasteiger partial charge in [0.1, 0.15) is 0 Å². The second-order valence-electron chi connectivity index (χ2n) is 39.1. The van der Waals surface area contributed by atoms with Gasteiger partial charge in [0.05, 0.1) is 64.4 Å². The van der Waals surface area contributed by atoms with E-state index in [0.29, 0.717) is 62.2 Å². The van der Waals surface area contributed by atoms with Crippen LogP contribution in [0.4, 0.5) is 68.2 Å². The van der Waals surface area contributed by atoms with Crippen LogP contribution in [0.25, 0.3) is 122 Å². The first kappa shape index (κ1) is 74.3. The largest absolute Gasteiger partial charge is 0.453 e. The Kier molecular flexibility index (Phi) is 17.2. The summed E-state index contributed by atoms with van der Waals surface area (Å²) in [5.41, 5.74) is 25.5. The van der Waals surface area contributed by atoms with Gasteiger partial charge in [0.2, 0.25) is 0 Å². The van der Waals surface area contributed by atoms with Crippen molar-refractivity contribution in [1.82, 2.24) is 9.13 Å². The summed E-state index contributed by atoms with van der Waals surface area (Å²) >= 11 is 0. The number of benzene rings is 19. The van der Waals surface area contributed by atoms with Crippen molar-refractivity contribution in [3.63, 3.8) is 0 Å². The van der Waals surface area contributed by atoms with E-state index in [9.17, 15) is 8.22 Å². The molecule has 19 aromatic carbocycles. The molecule has 0 aliphatic carbocycles. The Hall–Kier alpha value is -16.4. The Morgan fingerprint density at radius 1 is 0.230 bits per heavy atom. The summed E-state index contributed by atoms with van der Waals surface area (Å²) in [5.74, 6) is 2.85. The topological polar surface area (TPSA) is 41.3 Å². The summed E-state index contributed by atoms with van der Waals surface area (Å²) in [6.07, 6.45) is 0. The molecule has 4 aliphatic rings. The Balaban J connectivity index is 0.853. The normalized spacial score (nSPS) is 13.7. The van der Waals surface area contributed by atoms with Crippen LogP contribution < -0.4 is 45.5 Å². The lowest BCUT2D eigenvalue weighted by Crippen LogP contribution is -2.61. The predicted octanol–water partition coefficient (Wildman–Crippen LogP) is 33.0. The Labute approximate surface area is 797 Å². The molecule has 6 heterocycles. The number of nitrogens with zero attached hydrogens (tertiary/aromatic N) is 6. The van der Waals surface area contributed by atoms with Crippen molar-refractivity contribution >= 4 is 135 Å². The minimum absolute atomic E-state index is 0.0484. The average Bonchev–Trinajstić information content (AvgIpc) is 1.32. The van der Waals surface area contributed by atoms with Crippen LogP contribution in [0.5, 0.6) is 23.0 Å². The lowest BCUT2D eigenvalue weighted by molar-refractivity contribution is 0.477. The molecule has 0 spiro atoms. The third-order valence-electron chi connectivity index (χ3n) is 27.7. The molecule has 0 saturated heterocycles. The van der Waals surface area contributed by atoms with Crippen LogP contribution in [0.1, 0.15) is 87.2 Å². The lowest BCUT2D eigenvalue weighted by Gasteiger charge is -2.47. The van der Waals surface area contributed by atoms with Crippen molar-refractivity contribution in [1.29, 1.82) is 0 Å². The molecule has 0 atom stereocenters. The maximum Gasteiger partial charge on any atom is 0.252 e. The zero-order valence-corrected chi connectivity index (χ0v) is 76.5. The summed E-state index contributed by atoms with van der Waals surface area (Å²) in [4.78, 5) is 9.08. The van der Waals surface area contributed by atoms with Gasteiger partial charge >= 0.3 is 0 Å². The molecule has 0 bridgehead atoms. The van der Waals surface area contributed by atoms with Gasteiger partial charge in [0.25, 0.3) is 6.71 Å². The molecule has 21 aromatic rings. The van der Waals surface area contributed by atoms with E-state index in [4.69, 9.17) is 9.47 Å². The summed E-state index contributed by atoms with van der Waals surface area (Å²) in [7, 11) is 0. The monoisotopic (exact) mass is 1740 g/mol. The number of aromatic nitrogens is 2. The SMILES string of the molecule is [2H]c1c([2H])c(-n2c3ccccc3c3cc(N4c5ccccc5Oc5ccccc54)ccc32)c([2H])c2c1B1c3c(cc(C(C)(C)C)cc3N(c3c(-c4ccccc4)cc(C(C)(C)C)cc3-c3cccc(-c4ccccc4)c3)c3c([2H])c(-n4c5ccccc5c5cc(N6c7ccccc7Oc7ccccc76)ccc54)c([2H])c([2H])c31)N2c1c(-c2ccccc2)cc(C(C)(C)C)cc1-c1cccc(-c2ccccc2)c1. The maximum absolute atomic E-state index is 12.3. The van der Waals surface area contributed by atoms with E-state index in [1.165, 1.54) is 0 Å². The molecule has 0 radical (unpaired) electrons. The standard InChI is InChI=1S/C126H97BN6O2/c1-124(2,3)88-70-97(82-40-18-12-19-41-82)122(99(72-88)86-46-34-44-84(68-86)80-36-14-10-15-37-80)132-113-78-93(128-105-50-24-22-48-95(105)101-76-91(62-66-107(101)128)130-109-52-26-30-56-117(109)134-118-57-31-27-53-110(118)130)60-64-103(113)127-104-65-61-94(129-106-51-25-23-49-96(106)102-77-92(63-67-108(102)129)131-111-54-28-32-58-119(111)135-120-59-33-29-55-112(120)131)79-114(104)133(116-75-90(126(7,8)9)74-115(132)121(116)127)123-98(83-42-20-13-21-43-83)71-89(125(4,5)6)73-100(123)87-47-35-45-85(69-87)81-38-16-11-17-39-81/h10-79H,1-9H3/i60D,61D,64D,65D,78D,79D. The third-order valence-corrected chi connectivity index (χ3v) is 27.7. The van der Waals surface area contributed by atoms with E-state index in [2.05, 4.69) is 361 Å². The van der Waals surface area contributed by atoms with E-state index in [1.807, 2.05) is 118 Å². The van der Waals surface area contributed by atoms with Crippen molar-refractivity contribution < 1.29 is 17.7 Å². The van der Waals surface area contributed by atoms with Crippen molar-refractivity contribution in [2.75, 3.05) is 19.6 Å². The summed E-state index contributed by atoms with van der Waals surface area (Å²) in [6, 6.07) is 134. The number of ether oxygens (including phenoxy) is 2. The van der Waals surface area contributed by atoms with Gasteiger partial charge in [-0.25, -0.2) is 0 Å². The van der Waals surface area contributed by atoms with Crippen LogP contribution in [0, 0.1) is 0 Å². The smallest absolute Gasteiger partial charge is 0.252 e. The number of fused-ring (bicyclic) bond motifs is 14. The van der Waals surface area contributed by atoms with Crippen molar-refractivity contribution in [3.8, 4) is 101 Å². The molecule has 4 aliphatic heterocycles. The number of anilines is 12. The molecule has 0 unspecified atom stereocenters. The predicted molar refractivity (Wildman–Crippen MR) is 567 cm³/mol. The maximum atomic E-state index is 12.3. The highest BCUT2D eigenvalue weighted by molar-refractivity contribution is 7.00. The molecule has 0 amide bonds. The molecule has 8 nitrogen and oxygen atoms in total. The number of hydrogen-bond acceptors (Lipinski definition) is 6. The highest BCUT2D eigenvalue weighted by Gasteiger charge is 2.47. The zero-order valence-electron chi connectivity index (χ0n) is 82.5. The Morgan fingerprint density at radius 2 is 0.533 bits per heavy atom. The van der Waals surface area contributed by atoms with Gasteiger partial charge in [0.15, 0.2) is 23.0 Å². The molecular weight excluding hydrogens is 1640 g/mol. The second-order valence-corrected chi connectivity index (χ2v) is 39.1. The average molecular weight is 1740 g/mol. The molecule has 9 heteroatoms. The van der Waals surface area contributed by atoms with Crippen molar-refractivity contribution in [2.45, 2.75) is 78.6 Å². The van der Waals surface area contributed by atoms with E-state index in [0.717, 1.165) is 162 Å². The minimum Gasteiger partial charge on any atom is -0.453 e. The van der Waals surface area contributed by atoms with Crippen LogP contribution in [-0.2, 0) is 16.2 Å². The summed E-state index contributed by atoms with van der Waals surface area (Å²) < 4.78 is 89.0. The fourth-order valence-electron chi connectivity index (χ4n) is 21.0. The van der Waals surface area contributed by atoms with Crippen LogP contribution in [0.3, 0.4) is 0 Å². The molecule has 25 rings (SSSR count). The quantitative estimate of drug-likeness (QED) is 0.114. The highest BCUT2D eigenvalue weighted by Crippen LogP contribution is 2.59. The summed E-state index contributed by atoms with van der Waals surface area (Å²) in [6.45, 7) is 19.1. The van der Waals surface area contributed by atoms with E-state index < -0.39 is 23.0 Å². The van der Waals surface area contributed by atoms with Gasteiger partial charge in [0, 0.05) is 89.3 Å². The van der Waals surface area contributed by atoms with Crippen LogP contribution in [0.15, 0.2) is 425 Å². The number of rotatable bonds is 12. The van der Waals surface area contributed by atoms with Gasteiger partial charge in [-0.05, 0) is 264 Å². The van der Waals surface area contributed by atoms with Gasteiger partial charge < -0.3 is 38.2 Å². The van der Waals surface area contributed by atoms with Gasteiger partial charge in [-0.2, -0.15) is 0 Å². The first-order valence-corrected chi connectivity index (χ1v) is 46.6. The van der Waals surface area contributed by atoms with Crippen LogP contribution in [0.2, 0.25) is 0 Å². The van der Waals surface area contributed by atoms with Gasteiger partial charge in [-0.15, -0.1) is 0 Å². The summed E-state index contributed by atoms with van der Waals surface area (Å²) in [5, 5.41) is 3.45. The highest BCUT2D eigenvalue weighted by atomic mass is 16.5. The first-order valence-electron chi connectivity index (χ1n) is 49.6. The third kappa shape index (κ3) is 13.3. The van der Waals surface area contributed by atoms with Gasteiger partial charge in [-0.3, -0.25) is 0 Å². The minimum atomic E-state index is -1.25. The van der Waals surface area contributed by atoms with Crippen molar-refractivity contribution in [3.05, 3.63) is 441 Å². The molecule has 135 heavy (non-hydrogen) atoms. The number of para-hydroxylation sites is 10. The molecule has 646 valence electrons. The van der Waals surface area contributed by atoms with Crippen LogP contribution >= 0.6 is 0 Å². The first-order chi connectivity index (χ1) is 68.4. The fraction of sp³-hybridized carbons (Fsp3) is 0.0952.